The number of aliphatic hydroxyl groups is 1. The highest BCUT2D eigenvalue weighted by Crippen LogP contribution is 2.08. The molecule has 0 unspecified atom stereocenters. The van der Waals surface area contributed by atoms with Crippen molar-refractivity contribution in [2.24, 2.45) is 16.2 Å². The van der Waals surface area contributed by atoms with Gasteiger partial charge in [0.2, 0.25) is 0 Å². The van der Waals surface area contributed by atoms with Crippen LogP contribution in [0.4, 0.5) is 0 Å². The molecule has 0 fully saturated rings. The molecule has 136 valence electrons. The quantitative estimate of drug-likeness (QED) is 0.482. The van der Waals surface area contributed by atoms with E-state index in [-0.39, 0.29) is 8.80 Å². The molecule has 0 bridgehead atoms. The van der Waals surface area contributed by atoms with Gasteiger partial charge < -0.3 is 5.11 Å². The first-order valence-corrected chi connectivity index (χ1v) is 11.6. The summed E-state index contributed by atoms with van der Waals surface area (Å²) in [7, 11) is 0.861. The van der Waals surface area contributed by atoms with Crippen LogP contribution in [0.1, 0.15) is 83.1 Å². The normalized spacial score (nSPS) is 10.6. The van der Waals surface area contributed by atoms with E-state index >= 15 is 0 Å². The maximum Gasteiger partial charge on any atom is 0.0319 e. The first-order chi connectivity index (χ1) is 8.73. The number of aliphatic hydroxyl groups excluding tert-OH is 1. The van der Waals surface area contributed by atoms with E-state index in [1.165, 1.54) is 0 Å². The lowest BCUT2D eigenvalue weighted by atomic mass is 10.0. The minimum atomic E-state index is -0.139. The van der Waals surface area contributed by atoms with E-state index in [4.69, 9.17) is 5.11 Å². The summed E-state index contributed by atoms with van der Waals surface area (Å²) in [6.45, 7) is 33.2. The van der Waals surface area contributed by atoms with Crippen molar-refractivity contribution < 1.29 is 5.11 Å². The van der Waals surface area contributed by atoms with Gasteiger partial charge in [-0.25, -0.2) is 0 Å². The molecule has 0 radical (unpaired) electrons. The van der Waals surface area contributed by atoms with Gasteiger partial charge in [-0.15, -0.1) is 0 Å². The van der Waals surface area contributed by atoms with Gasteiger partial charge in [-0.3, -0.25) is 0 Å². The molecule has 1 N–H and O–H groups in total. The first kappa shape index (κ1) is 32.9. The summed E-state index contributed by atoms with van der Waals surface area (Å²) < 4.78 is 0. The minimum Gasteiger partial charge on any atom is -0.400 e. The second kappa shape index (κ2) is 16.5. The van der Waals surface area contributed by atoms with Crippen molar-refractivity contribution in [1.29, 1.82) is 0 Å². The Hall–Kier alpha value is 0.177. The van der Waals surface area contributed by atoms with Crippen molar-refractivity contribution >= 4 is 8.80 Å². The third-order valence-corrected chi connectivity index (χ3v) is 0. The predicted molar refractivity (Wildman–Crippen MR) is 108 cm³/mol. The Morgan fingerprint density at radius 3 is 0.429 bits per heavy atom. The standard InChI is InChI=1S/3C5H12.C3H10Si.CH4O/c3*1-5(2,3)4;1-4(2)3;1-2/h3*1-4H3;4H,1-3H3;2H,1H3. The second-order valence-corrected chi connectivity index (χ2v) is 14.2. The van der Waals surface area contributed by atoms with Crippen LogP contribution in [0.2, 0.25) is 19.6 Å². The van der Waals surface area contributed by atoms with E-state index in [1.54, 1.807) is 0 Å². The molecular formula is C19H50OSi. The largest absolute Gasteiger partial charge is 0.400 e. The third kappa shape index (κ3) is 213000. The lowest BCUT2D eigenvalue weighted by Gasteiger charge is -2.05. The van der Waals surface area contributed by atoms with Crippen LogP contribution in [-0.4, -0.2) is 21.0 Å². The zero-order valence-electron chi connectivity index (χ0n) is 18.5. The summed E-state index contributed by atoms with van der Waals surface area (Å²) in [5.74, 6) is 0. The summed E-state index contributed by atoms with van der Waals surface area (Å²) in [6.07, 6.45) is 0. The molecule has 0 rings (SSSR count). The molecule has 0 heterocycles. The van der Waals surface area contributed by atoms with Crippen LogP contribution >= 0.6 is 0 Å². The van der Waals surface area contributed by atoms with Crippen molar-refractivity contribution in [3.63, 3.8) is 0 Å². The lowest BCUT2D eigenvalue weighted by molar-refractivity contribution is 0.399. The zero-order valence-corrected chi connectivity index (χ0v) is 19.7. The Kier molecular flexibility index (Phi) is 26.0. The maximum absolute atomic E-state index is 7.00. The van der Waals surface area contributed by atoms with Crippen molar-refractivity contribution in [2.45, 2.75) is 103 Å². The molecule has 2 heteroatoms. The summed E-state index contributed by atoms with van der Waals surface area (Å²) in [5, 5.41) is 7.00. The fraction of sp³-hybridized carbons (Fsp3) is 1.00. The van der Waals surface area contributed by atoms with Gasteiger partial charge >= 0.3 is 0 Å². The fourth-order valence-electron chi connectivity index (χ4n) is 0. The summed E-state index contributed by atoms with van der Waals surface area (Å²) in [4.78, 5) is 0. The van der Waals surface area contributed by atoms with Crippen molar-refractivity contribution in [2.75, 3.05) is 7.11 Å². The van der Waals surface area contributed by atoms with Crippen LogP contribution in [0, 0.1) is 16.2 Å². The van der Waals surface area contributed by atoms with E-state index in [9.17, 15) is 0 Å². The summed E-state index contributed by atoms with van der Waals surface area (Å²) >= 11 is 0. The minimum absolute atomic E-state index is 0.139. The maximum atomic E-state index is 7.00. The first-order valence-electron chi connectivity index (χ1n) is 8.18. The number of hydrogen-bond acceptors (Lipinski definition) is 1. The van der Waals surface area contributed by atoms with E-state index in [0.29, 0.717) is 16.2 Å². The molecule has 0 aromatic rings. The third-order valence-electron chi connectivity index (χ3n) is 0. The highest BCUT2D eigenvalue weighted by molar-refractivity contribution is 6.54. The summed E-state index contributed by atoms with van der Waals surface area (Å²) in [6, 6.07) is 0. The Labute approximate surface area is 140 Å². The topological polar surface area (TPSA) is 20.2 Å². The molecule has 1 nitrogen and oxygen atoms in total. The average molecular weight is 323 g/mol. The van der Waals surface area contributed by atoms with Crippen molar-refractivity contribution in [3.8, 4) is 0 Å². The molecule has 0 aliphatic rings. The van der Waals surface area contributed by atoms with Crippen LogP contribution in [0.3, 0.4) is 0 Å². The van der Waals surface area contributed by atoms with Gasteiger partial charge in [-0.05, 0) is 16.2 Å². The Morgan fingerprint density at radius 1 is 0.429 bits per heavy atom. The van der Waals surface area contributed by atoms with E-state index in [2.05, 4.69) is 103 Å². The summed E-state index contributed by atoms with van der Waals surface area (Å²) in [5.41, 5.74) is 1.50. The molecule has 0 amide bonds. The van der Waals surface area contributed by atoms with Crippen LogP contribution in [0.5, 0.6) is 0 Å². The molecule has 0 atom stereocenters. The number of hydrogen-bond donors (Lipinski definition) is 1. The van der Waals surface area contributed by atoms with Gasteiger partial charge in [0.1, 0.15) is 0 Å². The molecule has 0 spiro atoms. The van der Waals surface area contributed by atoms with Gasteiger partial charge in [-0.2, -0.15) is 0 Å². The molecule has 21 heavy (non-hydrogen) atoms. The molecule has 0 aromatic heterocycles. The van der Waals surface area contributed by atoms with E-state index in [0.717, 1.165) is 7.11 Å². The zero-order chi connectivity index (χ0) is 19.1. The Morgan fingerprint density at radius 2 is 0.429 bits per heavy atom. The monoisotopic (exact) mass is 322 g/mol. The Balaban J connectivity index is -0.0000000522. The molecule has 0 aromatic carbocycles. The predicted octanol–water partition coefficient (Wildman–Crippen LogP) is 6.87. The average Bonchev–Trinajstić information content (AvgIpc) is 1.94. The van der Waals surface area contributed by atoms with Crippen LogP contribution in [0.15, 0.2) is 0 Å². The van der Waals surface area contributed by atoms with Crippen molar-refractivity contribution in [1.82, 2.24) is 0 Å². The van der Waals surface area contributed by atoms with Crippen LogP contribution in [-0.2, 0) is 0 Å². The van der Waals surface area contributed by atoms with Gasteiger partial charge in [0, 0.05) is 15.9 Å². The van der Waals surface area contributed by atoms with Gasteiger partial charge in [0.25, 0.3) is 0 Å². The van der Waals surface area contributed by atoms with Gasteiger partial charge in [0.15, 0.2) is 0 Å². The van der Waals surface area contributed by atoms with Crippen LogP contribution < -0.4 is 0 Å². The smallest absolute Gasteiger partial charge is 0.0319 e. The van der Waals surface area contributed by atoms with Crippen LogP contribution in [0.25, 0.3) is 0 Å². The lowest BCUT2D eigenvalue weighted by Crippen LogP contribution is -1.93. The van der Waals surface area contributed by atoms with Crippen molar-refractivity contribution in [3.05, 3.63) is 0 Å². The molecule has 0 aliphatic carbocycles. The molecule has 0 saturated carbocycles. The van der Waals surface area contributed by atoms with E-state index in [1.807, 2.05) is 0 Å². The fourth-order valence-corrected chi connectivity index (χ4v) is 0. The number of rotatable bonds is 0. The highest BCUT2D eigenvalue weighted by Gasteiger charge is 1.96. The van der Waals surface area contributed by atoms with Gasteiger partial charge in [0.05, 0.1) is 0 Å². The molecule has 0 aliphatic heterocycles. The highest BCUT2D eigenvalue weighted by atomic mass is 28.3. The molecule has 0 saturated heterocycles. The van der Waals surface area contributed by atoms with E-state index < -0.39 is 0 Å². The molecular weight excluding hydrogens is 272 g/mol. The Bertz CT molecular complexity index is 116. The SMILES string of the molecule is CC(C)(C)C.CC(C)(C)C.CC(C)(C)C.CO.C[SiH](C)C. The second-order valence-electron chi connectivity index (χ2n) is 10.7. The van der Waals surface area contributed by atoms with Gasteiger partial charge in [-0.1, -0.05) is 103 Å².